The molecule has 0 spiro atoms. The molecule has 40 heavy (non-hydrogen) atoms. The third kappa shape index (κ3) is 7.96. The molecule has 0 bridgehead atoms. The van der Waals surface area contributed by atoms with Gasteiger partial charge in [0.15, 0.2) is 11.5 Å². The summed E-state index contributed by atoms with van der Waals surface area (Å²) in [7, 11) is 4.87. The number of benzene rings is 2. The van der Waals surface area contributed by atoms with E-state index in [0.29, 0.717) is 18.2 Å². The highest BCUT2D eigenvalue weighted by atomic mass is 19.4. The van der Waals surface area contributed by atoms with Crippen LogP contribution in [0.2, 0.25) is 0 Å². The van der Waals surface area contributed by atoms with Gasteiger partial charge in [-0.15, -0.1) is 13.2 Å². The van der Waals surface area contributed by atoms with Crippen molar-refractivity contribution in [3.63, 3.8) is 0 Å². The molecule has 2 aromatic carbocycles. The number of rotatable bonds is 8. The number of anilines is 1. The summed E-state index contributed by atoms with van der Waals surface area (Å²) >= 11 is 0. The van der Waals surface area contributed by atoms with Crippen LogP contribution >= 0.6 is 0 Å². The van der Waals surface area contributed by atoms with Gasteiger partial charge in [-0.25, -0.2) is 9.37 Å². The largest absolute Gasteiger partial charge is 0.573 e. The van der Waals surface area contributed by atoms with Crippen LogP contribution in [0.1, 0.15) is 26.4 Å². The van der Waals surface area contributed by atoms with E-state index < -0.39 is 70.2 Å². The van der Waals surface area contributed by atoms with E-state index in [-0.39, 0.29) is 23.5 Å². The fraction of sp³-hybridized carbons (Fsp3) is 0.136. The van der Waals surface area contributed by atoms with Crippen molar-refractivity contribution >= 4 is 25.3 Å². The molecule has 1 aromatic heterocycles. The fourth-order valence-electron chi connectivity index (χ4n) is 2.97. The summed E-state index contributed by atoms with van der Waals surface area (Å²) in [6, 6.07) is 4.08. The first-order valence-corrected chi connectivity index (χ1v) is 10.3. The number of nitrogens with one attached hydrogen (secondary N) is 1. The second-order valence-electron chi connectivity index (χ2n) is 7.60. The van der Waals surface area contributed by atoms with Gasteiger partial charge >= 0.3 is 12.5 Å². The maximum atomic E-state index is 14.4. The van der Waals surface area contributed by atoms with Gasteiger partial charge < -0.3 is 35.5 Å². The predicted octanol–water partition coefficient (Wildman–Crippen LogP) is 3.42. The zero-order valence-electron chi connectivity index (χ0n) is 19.3. The standard InChI is InChI=1S/C22H13BF7N3O7/c23-21(36,37)40-17-5-10(39-22(28,29)30)2-4-15(17)38-16-7-12(20(25,26)27)13(24)6-11(16)19(35)33-9-1-3-14(18(31)34)32-8-9/h1-8,36-37H,(H2,31,34)(H,33,35). The van der Waals surface area contributed by atoms with Gasteiger partial charge in [-0.05, 0) is 36.4 Å². The SMILES string of the molecule is [B]C(O)(O)Oc1cc(OC(F)(F)F)ccc1Oc1cc(C(F)(F)F)c(F)cc1C(=O)Nc1ccc(C(N)=O)nc1. The van der Waals surface area contributed by atoms with Crippen LogP contribution in [0.25, 0.3) is 0 Å². The highest BCUT2D eigenvalue weighted by Gasteiger charge is 2.37. The van der Waals surface area contributed by atoms with Crippen molar-refractivity contribution in [2.24, 2.45) is 5.73 Å². The molecular formula is C22H13BF7N3O7. The molecule has 0 aliphatic heterocycles. The Morgan fingerprint density at radius 2 is 1.60 bits per heavy atom. The minimum atomic E-state index is -5.29. The number of aromatic nitrogens is 1. The lowest BCUT2D eigenvalue weighted by molar-refractivity contribution is -0.274. The van der Waals surface area contributed by atoms with Crippen LogP contribution in [-0.4, -0.2) is 47.1 Å². The average Bonchev–Trinajstić information content (AvgIpc) is 2.79. The topological polar surface area (TPSA) is 153 Å². The monoisotopic (exact) mass is 575 g/mol. The third-order valence-electron chi connectivity index (χ3n) is 4.52. The Bertz CT molecular complexity index is 1430. The molecule has 3 aromatic rings. The number of carbonyl (C=O) groups excluding carboxylic acids is 2. The van der Waals surface area contributed by atoms with Crippen LogP contribution in [-0.2, 0) is 6.18 Å². The number of primary amides is 1. The highest BCUT2D eigenvalue weighted by Crippen LogP contribution is 2.41. The van der Waals surface area contributed by atoms with Crippen LogP contribution < -0.4 is 25.3 Å². The van der Waals surface area contributed by atoms with Gasteiger partial charge in [-0.1, -0.05) is 0 Å². The quantitative estimate of drug-likeness (QED) is 0.181. The average molecular weight is 575 g/mol. The van der Waals surface area contributed by atoms with E-state index in [1.165, 1.54) is 0 Å². The van der Waals surface area contributed by atoms with Crippen LogP contribution in [0, 0.1) is 5.82 Å². The molecule has 210 valence electrons. The van der Waals surface area contributed by atoms with Crippen LogP contribution in [0.15, 0.2) is 48.7 Å². The summed E-state index contributed by atoms with van der Waals surface area (Å²) in [5.74, 6) is -11.4. The van der Waals surface area contributed by atoms with Gasteiger partial charge in [0, 0.05) is 6.07 Å². The Kier molecular flexibility index (Phi) is 8.16. The number of hydrogen-bond acceptors (Lipinski definition) is 8. The van der Waals surface area contributed by atoms with Crippen LogP contribution in [0.5, 0.6) is 23.0 Å². The van der Waals surface area contributed by atoms with Crippen molar-refractivity contribution in [3.8, 4) is 23.0 Å². The molecule has 0 saturated heterocycles. The Labute approximate surface area is 219 Å². The number of alkyl halides is 6. The van der Waals surface area contributed by atoms with Gasteiger partial charge in [-0.2, -0.15) is 13.2 Å². The van der Waals surface area contributed by atoms with E-state index in [2.05, 4.69) is 19.8 Å². The van der Waals surface area contributed by atoms with Crippen molar-refractivity contribution in [3.05, 3.63) is 71.3 Å². The maximum absolute atomic E-state index is 14.4. The van der Waals surface area contributed by atoms with Gasteiger partial charge in [0.05, 0.1) is 23.0 Å². The Morgan fingerprint density at radius 3 is 2.12 bits per heavy atom. The molecule has 0 fully saturated rings. The number of carbonyl (C=O) groups is 2. The number of halogens is 7. The van der Waals surface area contributed by atoms with E-state index in [1.807, 2.05) is 0 Å². The molecule has 0 atom stereocenters. The summed E-state index contributed by atoms with van der Waals surface area (Å²) < 4.78 is 106. The molecule has 0 unspecified atom stereocenters. The minimum absolute atomic E-state index is 0.0657. The van der Waals surface area contributed by atoms with E-state index >= 15 is 0 Å². The van der Waals surface area contributed by atoms with Crippen molar-refractivity contribution in [1.29, 1.82) is 0 Å². The van der Waals surface area contributed by atoms with E-state index in [4.69, 9.17) is 18.3 Å². The normalized spacial score (nSPS) is 12.0. The molecule has 0 aliphatic rings. The molecule has 0 saturated carbocycles. The number of pyridine rings is 1. The zero-order chi connectivity index (χ0) is 30.0. The molecule has 5 N–H and O–H groups in total. The lowest BCUT2D eigenvalue weighted by atomic mass is 10.1. The first-order chi connectivity index (χ1) is 18.3. The molecule has 1 heterocycles. The molecule has 0 aliphatic carbocycles. The van der Waals surface area contributed by atoms with Crippen molar-refractivity contribution in [1.82, 2.24) is 4.98 Å². The van der Waals surface area contributed by atoms with Crippen LogP contribution in [0.4, 0.5) is 36.4 Å². The Hall–Kier alpha value is -4.58. The van der Waals surface area contributed by atoms with Crippen molar-refractivity contribution in [2.45, 2.75) is 18.4 Å². The van der Waals surface area contributed by atoms with Gasteiger partial charge in [0.25, 0.3) is 17.7 Å². The second-order valence-corrected chi connectivity index (χ2v) is 7.60. The summed E-state index contributed by atoms with van der Waals surface area (Å²) in [6.07, 6.45) is -9.56. The molecular weight excluding hydrogens is 562 g/mol. The molecule has 18 heteroatoms. The molecule has 2 amide bonds. The second kappa shape index (κ2) is 10.9. The van der Waals surface area contributed by atoms with E-state index in [0.717, 1.165) is 18.3 Å². The van der Waals surface area contributed by atoms with Gasteiger partial charge in [0.2, 0.25) is 7.85 Å². The smallest absolute Gasteiger partial charge is 0.453 e. The number of amides is 2. The zero-order valence-corrected chi connectivity index (χ0v) is 19.3. The minimum Gasteiger partial charge on any atom is -0.453 e. The maximum Gasteiger partial charge on any atom is 0.573 e. The molecule has 2 radical (unpaired) electrons. The van der Waals surface area contributed by atoms with Crippen LogP contribution in [0.3, 0.4) is 0 Å². The Morgan fingerprint density at radius 1 is 0.925 bits per heavy atom. The first-order valence-electron chi connectivity index (χ1n) is 10.3. The predicted molar refractivity (Wildman–Crippen MR) is 119 cm³/mol. The summed E-state index contributed by atoms with van der Waals surface area (Å²) in [5, 5.41) is 20.8. The third-order valence-corrected chi connectivity index (χ3v) is 4.52. The Balaban J connectivity index is 2.08. The lowest BCUT2D eigenvalue weighted by Crippen LogP contribution is -2.35. The number of nitrogens with two attached hydrogens (primary N) is 1. The number of aliphatic hydroxyl groups is 2. The van der Waals surface area contributed by atoms with Gasteiger partial charge in [-0.3, -0.25) is 9.59 Å². The lowest BCUT2D eigenvalue weighted by Gasteiger charge is -2.22. The van der Waals surface area contributed by atoms with Crippen molar-refractivity contribution in [2.75, 3.05) is 5.32 Å². The van der Waals surface area contributed by atoms with Crippen molar-refractivity contribution < 1.29 is 64.7 Å². The fourth-order valence-corrected chi connectivity index (χ4v) is 2.97. The van der Waals surface area contributed by atoms with Gasteiger partial charge in [0.1, 0.15) is 23.0 Å². The number of hydrogen-bond donors (Lipinski definition) is 4. The molecule has 3 rings (SSSR count). The van der Waals surface area contributed by atoms with E-state index in [1.54, 1.807) is 0 Å². The summed E-state index contributed by atoms with van der Waals surface area (Å²) in [6.45, 7) is 0. The summed E-state index contributed by atoms with van der Waals surface area (Å²) in [4.78, 5) is 27.6. The highest BCUT2D eigenvalue weighted by molar-refractivity contribution is 6.12. The number of nitrogens with zero attached hydrogens (tertiary/aromatic N) is 1. The summed E-state index contributed by atoms with van der Waals surface area (Å²) in [5.41, 5.74) is 1.96. The number of ether oxygens (including phenoxy) is 3. The first kappa shape index (κ1) is 30.0. The van der Waals surface area contributed by atoms with E-state index in [9.17, 15) is 50.5 Å². The molecule has 10 nitrogen and oxygen atoms in total.